The van der Waals surface area contributed by atoms with Gasteiger partial charge < -0.3 is 20.0 Å². The molecule has 0 saturated heterocycles. The number of aromatic nitrogens is 2. The summed E-state index contributed by atoms with van der Waals surface area (Å²) in [5.74, 6) is -0.0951. The summed E-state index contributed by atoms with van der Waals surface area (Å²) in [7, 11) is 0. The quantitative estimate of drug-likeness (QED) is 0.646. The molecule has 0 spiro atoms. The summed E-state index contributed by atoms with van der Waals surface area (Å²) >= 11 is 4.99. The zero-order valence-corrected chi connectivity index (χ0v) is 9.43. The Hall–Kier alpha value is -1.14. The van der Waals surface area contributed by atoms with E-state index in [4.69, 9.17) is 17.3 Å². The second kappa shape index (κ2) is 5.67. The summed E-state index contributed by atoms with van der Waals surface area (Å²) in [6.45, 7) is 2.67. The fourth-order valence-corrected chi connectivity index (χ4v) is 1.44. The van der Waals surface area contributed by atoms with Crippen LogP contribution in [0.25, 0.3) is 0 Å². The molecule has 0 bridgehead atoms. The molecule has 6 heteroatoms. The van der Waals surface area contributed by atoms with E-state index in [9.17, 15) is 4.79 Å². The fourth-order valence-electron chi connectivity index (χ4n) is 1.20. The van der Waals surface area contributed by atoms with Crippen LogP contribution in [0.5, 0.6) is 0 Å². The Morgan fingerprint density at radius 1 is 1.73 bits per heavy atom. The number of imidazole rings is 1. The van der Waals surface area contributed by atoms with Gasteiger partial charge in [0.25, 0.3) is 0 Å². The van der Waals surface area contributed by atoms with Crippen molar-refractivity contribution in [3.8, 4) is 0 Å². The van der Waals surface area contributed by atoms with Gasteiger partial charge in [-0.1, -0.05) is 6.92 Å². The van der Waals surface area contributed by atoms with Gasteiger partial charge in [0.05, 0.1) is 12.3 Å². The predicted molar refractivity (Wildman–Crippen MR) is 58.8 cm³/mol. The zero-order chi connectivity index (χ0) is 11.3. The van der Waals surface area contributed by atoms with Crippen molar-refractivity contribution in [3.63, 3.8) is 0 Å². The van der Waals surface area contributed by atoms with Crippen molar-refractivity contribution in [2.45, 2.75) is 26.5 Å². The number of aromatic amines is 1. The first kappa shape index (κ1) is 11.9. The van der Waals surface area contributed by atoms with Gasteiger partial charge in [-0.15, -0.1) is 0 Å². The van der Waals surface area contributed by atoms with Gasteiger partial charge in [-0.2, -0.15) is 0 Å². The van der Waals surface area contributed by atoms with Gasteiger partial charge in [-0.25, -0.2) is 0 Å². The largest absolute Gasteiger partial charge is 0.390 e. The van der Waals surface area contributed by atoms with Gasteiger partial charge >= 0.3 is 0 Å². The Labute approximate surface area is 93.1 Å². The molecular weight excluding hydrogens is 214 g/mol. The SMILES string of the molecule is CCCNC(=O)Cn1c(CO)c[nH]c1=S. The number of hydrogen-bond donors (Lipinski definition) is 3. The molecule has 3 N–H and O–H groups in total. The maximum Gasteiger partial charge on any atom is 0.240 e. The average Bonchev–Trinajstić information content (AvgIpc) is 2.57. The van der Waals surface area contributed by atoms with Gasteiger partial charge in [-0.05, 0) is 18.6 Å². The highest BCUT2D eigenvalue weighted by Crippen LogP contribution is 2.01. The summed E-state index contributed by atoms with van der Waals surface area (Å²) in [6, 6.07) is 0. The summed E-state index contributed by atoms with van der Waals surface area (Å²) < 4.78 is 2.03. The molecule has 0 unspecified atom stereocenters. The van der Waals surface area contributed by atoms with Gasteiger partial charge in [0.1, 0.15) is 6.54 Å². The van der Waals surface area contributed by atoms with E-state index in [2.05, 4.69) is 10.3 Å². The van der Waals surface area contributed by atoms with Gasteiger partial charge in [0.2, 0.25) is 5.91 Å². The summed E-state index contributed by atoms with van der Waals surface area (Å²) in [4.78, 5) is 14.2. The molecule has 1 rings (SSSR count). The molecule has 1 amide bonds. The summed E-state index contributed by atoms with van der Waals surface area (Å²) in [6.07, 6.45) is 2.51. The lowest BCUT2D eigenvalue weighted by Crippen LogP contribution is -2.28. The van der Waals surface area contributed by atoms with Crippen LogP contribution in [-0.4, -0.2) is 27.1 Å². The molecule has 0 aliphatic heterocycles. The molecule has 0 radical (unpaired) electrons. The van der Waals surface area contributed by atoms with Crippen molar-refractivity contribution < 1.29 is 9.90 Å². The van der Waals surface area contributed by atoms with Crippen LogP contribution in [-0.2, 0) is 17.9 Å². The number of rotatable bonds is 5. The van der Waals surface area contributed by atoms with E-state index in [0.717, 1.165) is 6.42 Å². The standard InChI is InChI=1S/C9H15N3O2S/c1-2-3-10-8(14)5-12-7(6-13)4-11-9(12)15/h4,13H,2-3,5-6H2,1H3,(H,10,14)(H,11,15). The molecule has 84 valence electrons. The number of amides is 1. The van der Waals surface area contributed by atoms with Crippen molar-refractivity contribution in [1.29, 1.82) is 0 Å². The minimum absolute atomic E-state index is 0.0951. The van der Waals surface area contributed by atoms with E-state index >= 15 is 0 Å². The molecule has 15 heavy (non-hydrogen) atoms. The van der Waals surface area contributed by atoms with Crippen molar-refractivity contribution in [2.75, 3.05) is 6.54 Å². The highest BCUT2D eigenvalue weighted by atomic mass is 32.1. The van der Waals surface area contributed by atoms with Gasteiger partial charge in [-0.3, -0.25) is 4.79 Å². The third-order valence-corrected chi connectivity index (χ3v) is 2.33. The van der Waals surface area contributed by atoms with Crippen molar-refractivity contribution in [2.24, 2.45) is 0 Å². The minimum atomic E-state index is -0.131. The van der Waals surface area contributed by atoms with Crippen LogP contribution in [0.3, 0.4) is 0 Å². The molecule has 0 atom stereocenters. The molecular formula is C9H15N3O2S. The second-order valence-electron chi connectivity index (χ2n) is 3.18. The third kappa shape index (κ3) is 3.17. The van der Waals surface area contributed by atoms with E-state index in [0.29, 0.717) is 17.0 Å². The molecule has 5 nitrogen and oxygen atoms in total. The Balaban J connectivity index is 2.67. The number of nitrogens with zero attached hydrogens (tertiary/aromatic N) is 1. The summed E-state index contributed by atoms with van der Waals surface area (Å²) in [5.41, 5.74) is 0.617. The van der Waals surface area contributed by atoms with E-state index in [-0.39, 0.29) is 19.1 Å². The lowest BCUT2D eigenvalue weighted by atomic mass is 10.4. The number of aliphatic hydroxyl groups excluding tert-OH is 1. The maximum absolute atomic E-state index is 11.4. The van der Waals surface area contributed by atoms with Gasteiger partial charge in [0, 0.05) is 12.7 Å². The zero-order valence-electron chi connectivity index (χ0n) is 8.62. The Morgan fingerprint density at radius 3 is 3.07 bits per heavy atom. The number of carbonyl (C=O) groups excluding carboxylic acids is 1. The Morgan fingerprint density at radius 2 is 2.47 bits per heavy atom. The predicted octanol–water partition coefficient (Wildman–Crippen LogP) is 0.564. The number of aliphatic hydroxyl groups is 1. The Bertz CT molecular complexity index is 383. The fraction of sp³-hybridized carbons (Fsp3) is 0.556. The van der Waals surface area contributed by atoms with Crippen molar-refractivity contribution >= 4 is 18.1 Å². The molecule has 0 aliphatic rings. The van der Waals surface area contributed by atoms with Crippen LogP contribution >= 0.6 is 12.2 Å². The highest BCUT2D eigenvalue weighted by Gasteiger charge is 2.07. The first-order valence-corrected chi connectivity index (χ1v) is 5.24. The van der Waals surface area contributed by atoms with Crippen molar-refractivity contribution in [3.05, 3.63) is 16.7 Å². The molecule has 1 aromatic rings. The average molecular weight is 229 g/mol. The lowest BCUT2D eigenvalue weighted by Gasteiger charge is -2.06. The van der Waals surface area contributed by atoms with E-state index in [1.807, 2.05) is 6.92 Å². The minimum Gasteiger partial charge on any atom is -0.390 e. The Kier molecular flexibility index (Phi) is 4.51. The number of H-pyrrole nitrogens is 1. The number of nitrogens with one attached hydrogen (secondary N) is 2. The van der Waals surface area contributed by atoms with Crippen molar-refractivity contribution in [1.82, 2.24) is 14.9 Å². The second-order valence-corrected chi connectivity index (χ2v) is 3.57. The topological polar surface area (TPSA) is 70.1 Å². The number of carbonyl (C=O) groups is 1. The molecule has 0 fully saturated rings. The first-order valence-electron chi connectivity index (χ1n) is 4.83. The van der Waals surface area contributed by atoms with Gasteiger partial charge in [0.15, 0.2) is 4.77 Å². The van der Waals surface area contributed by atoms with Crippen LogP contribution in [0.1, 0.15) is 19.0 Å². The molecule has 1 heterocycles. The molecule has 1 aromatic heterocycles. The maximum atomic E-state index is 11.4. The normalized spacial score (nSPS) is 10.3. The molecule has 0 aromatic carbocycles. The van der Waals surface area contributed by atoms with Crippen LogP contribution in [0.4, 0.5) is 0 Å². The van der Waals surface area contributed by atoms with E-state index in [1.165, 1.54) is 0 Å². The van der Waals surface area contributed by atoms with Crippen LogP contribution in [0.2, 0.25) is 0 Å². The molecule has 0 saturated carbocycles. The summed E-state index contributed by atoms with van der Waals surface area (Å²) in [5, 5.41) is 11.7. The monoisotopic (exact) mass is 229 g/mol. The van der Waals surface area contributed by atoms with Crippen LogP contribution < -0.4 is 5.32 Å². The van der Waals surface area contributed by atoms with Crippen LogP contribution in [0, 0.1) is 4.77 Å². The van der Waals surface area contributed by atoms with E-state index in [1.54, 1.807) is 10.8 Å². The number of hydrogen-bond acceptors (Lipinski definition) is 3. The molecule has 0 aliphatic carbocycles. The lowest BCUT2D eigenvalue weighted by molar-refractivity contribution is -0.121. The third-order valence-electron chi connectivity index (χ3n) is 1.99. The first-order chi connectivity index (χ1) is 7.19. The van der Waals surface area contributed by atoms with Crippen LogP contribution in [0.15, 0.2) is 6.20 Å². The van der Waals surface area contributed by atoms with E-state index < -0.39 is 0 Å². The highest BCUT2D eigenvalue weighted by molar-refractivity contribution is 7.71. The smallest absolute Gasteiger partial charge is 0.240 e.